The van der Waals surface area contributed by atoms with Crippen molar-refractivity contribution in [2.45, 2.75) is 26.9 Å². The number of aliphatic hydroxyl groups is 1. The third kappa shape index (κ3) is 3.92. The number of carbonyl (C=O) groups is 1. The van der Waals surface area contributed by atoms with Gasteiger partial charge in [0, 0.05) is 30.2 Å². The molecule has 2 aromatic rings. The predicted octanol–water partition coefficient (Wildman–Crippen LogP) is 2.01. The summed E-state index contributed by atoms with van der Waals surface area (Å²) in [4.78, 5) is 16.1. The minimum atomic E-state index is -0.585. The van der Waals surface area contributed by atoms with Gasteiger partial charge in [0.25, 0.3) is 5.91 Å². The van der Waals surface area contributed by atoms with Crippen LogP contribution < -0.4 is 5.32 Å². The van der Waals surface area contributed by atoms with Crippen LogP contribution >= 0.6 is 0 Å². The molecule has 0 spiro atoms. The number of aliphatic hydroxyl groups excluding tert-OH is 1. The number of rotatable bonds is 4. The molecule has 0 saturated heterocycles. The van der Waals surface area contributed by atoms with Crippen LogP contribution in [0.2, 0.25) is 0 Å². The van der Waals surface area contributed by atoms with Crippen molar-refractivity contribution < 1.29 is 9.90 Å². The molecule has 5 heteroatoms. The summed E-state index contributed by atoms with van der Waals surface area (Å²) in [6.45, 7) is 6.04. The van der Waals surface area contributed by atoms with E-state index >= 15 is 0 Å². The number of hydrogen-bond donors (Lipinski definition) is 2. The zero-order valence-corrected chi connectivity index (χ0v) is 12.6. The summed E-state index contributed by atoms with van der Waals surface area (Å²) < 4.78 is 1.83. The van der Waals surface area contributed by atoms with Gasteiger partial charge in [-0.2, -0.15) is 0 Å². The number of imidazole rings is 1. The van der Waals surface area contributed by atoms with Gasteiger partial charge >= 0.3 is 0 Å². The lowest BCUT2D eigenvalue weighted by Crippen LogP contribution is -2.39. The highest BCUT2D eigenvalue weighted by atomic mass is 16.3. The van der Waals surface area contributed by atoms with E-state index in [1.807, 2.05) is 43.7 Å². The van der Waals surface area contributed by atoms with Gasteiger partial charge in [-0.1, -0.05) is 26.8 Å². The van der Waals surface area contributed by atoms with Gasteiger partial charge in [0.05, 0.1) is 12.4 Å². The van der Waals surface area contributed by atoms with E-state index in [1.54, 1.807) is 24.7 Å². The fourth-order valence-electron chi connectivity index (χ4n) is 1.82. The largest absolute Gasteiger partial charge is 0.391 e. The van der Waals surface area contributed by atoms with Crippen molar-refractivity contribution in [1.29, 1.82) is 0 Å². The van der Waals surface area contributed by atoms with Gasteiger partial charge in [0.2, 0.25) is 0 Å². The van der Waals surface area contributed by atoms with E-state index in [0.717, 1.165) is 5.69 Å². The van der Waals surface area contributed by atoms with Crippen molar-refractivity contribution in [1.82, 2.24) is 14.9 Å². The van der Waals surface area contributed by atoms with Crippen molar-refractivity contribution in [2.75, 3.05) is 6.54 Å². The van der Waals surface area contributed by atoms with E-state index in [9.17, 15) is 9.90 Å². The molecule has 0 aliphatic rings. The summed E-state index contributed by atoms with van der Waals surface area (Å²) in [7, 11) is 0. The second kappa shape index (κ2) is 6.10. The molecule has 0 bridgehead atoms. The fourth-order valence-corrected chi connectivity index (χ4v) is 1.82. The maximum absolute atomic E-state index is 12.2. The Balaban J connectivity index is 2.05. The Morgan fingerprint density at radius 1 is 1.43 bits per heavy atom. The average Bonchev–Trinajstić information content (AvgIpc) is 2.97. The smallest absolute Gasteiger partial charge is 0.251 e. The minimum absolute atomic E-state index is 0.194. The molecular weight excluding hydrogens is 266 g/mol. The Bertz CT molecular complexity index is 600. The van der Waals surface area contributed by atoms with Gasteiger partial charge in [-0.25, -0.2) is 4.98 Å². The zero-order valence-electron chi connectivity index (χ0n) is 12.6. The van der Waals surface area contributed by atoms with Crippen LogP contribution in [0.25, 0.3) is 5.69 Å². The number of nitrogens with one attached hydrogen (secondary N) is 1. The monoisotopic (exact) mass is 287 g/mol. The molecule has 2 N–H and O–H groups in total. The van der Waals surface area contributed by atoms with Crippen molar-refractivity contribution in [3.05, 3.63) is 48.5 Å². The van der Waals surface area contributed by atoms with Crippen LogP contribution in [0.4, 0.5) is 0 Å². The second-order valence-corrected chi connectivity index (χ2v) is 6.11. The van der Waals surface area contributed by atoms with Gasteiger partial charge in [-0.05, 0) is 23.6 Å². The molecule has 1 atom stereocenters. The van der Waals surface area contributed by atoms with Crippen LogP contribution in [0.1, 0.15) is 31.1 Å². The average molecular weight is 287 g/mol. The van der Waals surface area contributed by atoms with Crippen LogP contribution in [0, 0.1) is 5.41 Å². The SMILES string of the molecule is CC(C)(C)C(O)CNC(=O)c1cccc(-n2ccnc2)c1. The Kier molecular flexibility index (Phi) is 4.43. The van der Waals surface area contributed by atoms with E-state index in [4.69, 9.17) is 0 Å². The molecule has 0 radical (unpaired) electrons. The van der Waals surface area contributed by atoms with Crippen LogP contribution in [-0.4, -0.2) is 33.2 Å². The molecule has 112 valence electrons. The standard InChI is InChI=1S/C16H21N3O2/c1-16(2,3)14(20)10-18-15(21)12-5-4-6-13(9-12)19-8-7-17-11-19/h4-9,11,14,20H,10H2,1-3H3,(H,18,21). The number of benzene rings is 1. The van der Waals surface area contributed by atoms with Crippen molar-refractivity contribution >= 4 is 5.91 Å². The molecule has 2 rings (SSSR count). The Labute approximate surface area is 124 Å². The van der Waals surface area contributed by atoms with E-state index in [1.165, 1.54) is 0 Å². The molecule has 0 aliphatic heterocycles. The predicted molar refractivity (Wildman–Crippen MR) is 81.4 cm³/mol. The van der Waals surface area contributed by atoms with E-state index < -0.39 is 6.10 Å². The first-order chi connectivity index (χ1) is 9.88. The summed E-state index contributed by atoms with van der Waals surface area (Å²) in [6, 6.07) is 7.27. The van der Waals surface area contributed by atoms with Crippen molar-refractivity contribution in [3.63, 3.8) is 0 Å². The Hall–Kier alpha value is -2.14. The highest BCUT2D eigenvalue weighted by Gasteiger charge is 2.22. The van der Waals surface area contributed by atoms with Gasteiger partial charge in [-0.15, -0.1) is 0 Å². The topological polar surface area (TPSA) is 67.2 Å². The first-order valence-corrected chi connectivity index (χ1v) is 6.92. The molecule has 1 heterocycles. The maximum atomic E-state index is 12.2. The highest BCUT2D eigenvalue weighted by Crippen LogP contribution is 2.18. The van der Waals surface area contributed by atoms with Crippen molar-refractivity contribution in [2.24, 2.45) is 5.41 Å². The molecule has 1 aromatic carbocycles. The maximum Gasteiger partial charge on any atom is 0.251 e. The Morgan fingerprint density at radius 3 is 2.81 bits per heavy atom. The summed E-state index contributed by atoms with van der Waals surface area (Å²) in [5, 5.41) is 12.7. The minimum Gasteiger partial charge on any atom is -0.391 e. The first-order valence-electron chi connectivity index (χ1n) is 6.92. The van der Waals surface area contributed by atoms with Gasteiger partial charge in [0.15, 0.2) is 0 Å². The molecule has 0 fully saturated rings. The lowest BCUT2D eigenvalue weighted by Gasteiger charge is -2.25. The van der Waals surface area contributed by atoms with Crippen LogP contribution in [0.5, 0.6) is 0 Å². The molecule has 0 saturated carbocycles. The quantitative estimate of drug-likeness (QED) is 0.904. The molecule has 1 amide bonds. The van der Waals surface area contributed by atoms with Crippen LogP contribution in [0.15, 0.2) is 43.0 Å². The van der Waals surface area contributed by atoms with Gasteiger partial charge in [-0.3, -0.25) is 4.79 Å². The molecular formula is C16H21N3O2. The lowest BCUT2D eigenvalue weighted by molar-refractivity contribution is 0.0587. The number of aromatic nitrogens is 2. The fraction of sp³-hybridized carbons (Fsp3) is 0.375. The first kappa shape index (κ1) is 15.3. The molecule has 5 nitrogen and oxygen atoms in total. The van der Waals surface area contributed by atoms with Crippen molar-refractivity contribution in [3.8, 4) is 5.69 Å². The second-order valence-electron chi connectivity index (χ2n) is 6.11. The number of amides is 1. The summed E-state index contributed by atoms with van der Waals surface area (Å²) in [5.41, 5.74) is 1.17. The van der Waals surface area contributed by atoms with E-state index in [0.29, 0.717) is 5.56 Å². The molecule has 1 unspecified atom stereocenters. The van der Waals surface area contributed by atoms with E-state index in [-0.39, 0.29) is 17.9 Å². The number of nitrogens with zero attached hydrogens (tertiary/aromatic N) is 2. The van der Waals surface area contributed by atoms with Gasteiger partial charge in [0.1, 0.15) is 0 Å². The Morgan fingerprint density at radius 2 is 2.19 bits per heavy atom. The van der Waals surface area contributed by atoms with Gasteiger partial charge < -0.3 is 15.0 Å². The van der Waals surface area contributed by atoms with Crippen LogP contribution in [0.3, 0.4) is 0 Å². The van der Waals surface area contributed by atoms with E-state index in [2.05, 4.69) is 10.3 Å². The number of carbonyl (C=O) groups excluding carboxylic acids is 1. The summed E-state index contributed by atoms with van der Waals surface area (Å²) >= 11 is 0. The highest BCUT2D eigenvalue weighted by molar-refractivity contribution is 5.94. The number of hydrogen-bond acceptors (Lipinski definition) is 3. The van der Waals surface area contributed by atoms with Crippen LogP contribution in [-0.2, 0) is 0 Å². The third-order valence-electron chi connectivity index (χ3n) is 3.37. The zero-order chi connectivity index (χ0) is 15.5. The summed E-state index contributed by atoms with van der Waals surface area (Å²) in [5.74, 6) is -0.194. The molecule has 1 aromatic heterocycles. The molecule has 0 aliphatic carbocycles. The third-order valence-corrected chi connectivity index (χ3v) is 3.37. The summed E-state index contributed by atoms with van der Waals surface area (Å²) in [6.07, 6.45) is 4.60. The molecule has 21 heavy (non-hydrogen) atoms. The lowest BCUT2D eigenvalue weighted by atomic mass is 9.89. The normalized spacial score (nSPS) is 13.0.